The first-order valence-corrected chi connectivity index (χ1v) is 22.4. The maximum absolute atomic E-state index is 13.6. The molecule has 0 radical (unpaired) electrons. The van der Waals surface area contributed by atoms with Crippen molar-refractivity contribution in [3.05, 3.63) is 117 Å². The molecule has 6 rings (SSSR count). The Balaban J connectivity index is 0.000000283. The predicted octanol–water partition coefficient (Wildman–Crippen LogP) is 6.17. The Morgan fingerprint density at radius 2 is 0.824 bits per heavy atom. The van der Waals surface area contributed by atoms with Gasteiger partial charge < -0.3 is 30.7 Å². The standard InChI is InChI=1S/C31H37N3O8.C18H12Cl2N2O4/c1-16(2)18(30(39)41-5)13-14-23(35)33-21-11-7-9-19-25(21)28(37)20-10-8-12-22(26(20)29(19)38)34-24(36)15-32-27(17(3)4)31(40)42-6;19-7-13(23)21-11-5-1-3-9-15(11)18(26)10-4-2-6-12(16(10)17(9)25)22-14(24)8-20/h7-12,16-18,27,32H,13-15H2,1-6H3,(H,33,35)(H,34,36);1-6H,7-8H2,(H,21,23)(H,22,24)/t18-,27-;/m0./s1. The zero-order valence-electron chi connectivity index (χ0n) is 37.9. The highest BCUT2D eigenvalue weighted by atomic mass is 35.5. The summed E-state index contributed by atoms with van der Waals surface area (Å²) in [4.78, 5) is 126. The second-order valence-corrected chi connectivity index (χ2v) is 16.8. The van der Waals surface area contributed by atoms with E-state index in [9.17, 15) is 47.9 Å². The maximum Gasteiger partial charge on any atom is 0.323 e. The van der Waals surface area contributed by atoms with E-state index < -0.39 is 70.7 Å². The molecule has 19 heteroatoms. The Morgan fingerprint density at radius 3 is 1.13 bits per heavy atom. The fourth-order valence-electron chi connectivity index (χ4n) is 7.76. The fourth-order valence-corrected chi connectivity index (χ4v) is 7.89. The number of anilines is 4. The minimum Gasteiger partial charge on any atom is -0.469 e. The molecule has 0 spiro atoms. The van der Waals surface area contributed by atoms with Crippen molar-refractivity contribution in [2.45, 2.75) is 46.6 Å². The molecule has 4 amide bonds. The number of hydrogen-bond acceptors (Lipinski definition) is 13. The van der Waals surface area contributed by atoms with Crippen molar-refractivity contribution in [2.75, 3.05) is 53.8 Å². The third-order valence-electron chi connectivity index (χ3n) is 11.1. The molecule has 0 saturated carbocycles. The molecule has 356 valence electrons. The lowest BCUT2D eigenvalue weighted by atomic mass is 9.82. The molecule has 0 saturated heterocycles. The van der Waals surface area contributed by atoms with Crippen molar-refractivity contribution < 1.29 is 57.4 Å². The van der Waals surface area contributed by atoms with Crippen molar-refractivity contribution in [1.82, 2.24) is 5.32 Å². The van der Waals surface area contributed by atoms with E-state index >= 15 is 0 Å². The van der Waals surface area contributed by atoms with E-state index in [1.807, 2.05) is 27.7 Å². The Morgan fingerprint density at radius 1 is 0.485 bits per heavy atom. The number of alkyl halides is 2. The van der Waals surface area contributed by atoms with Crippen LogP contribution < -0.4 is 26.6 Å². The number of ether oxygens (including phenoxy) is 2. The average Bonchev–Trinajstić information content (AvgIpc) is 3.32. The van der Waals surface area contributed by atoms with Gasteiger partial charge in [0.1, 0.15) is 17.8 Å². The van der Waals surface area contributed by atoms with Crippen LogP contribution >= 0.6 is 23.2 Å². The van der Waals surface area contributed by atoms with E-state index in [2.05, 4.69) is 26.6 Å². The zero-order valence-corrected chi connectivity index (χ0v) is 39.4. The molecule has 2 aliphatic rings. The lowest BCUT2D eigenvalue weighted by molar-refractivity contribution is -0.147. The van der Waals surface area contributed by atoms with Gasteiger partial charge in [0, 0.05) is 28.7 Å². The normalized spacial score (nSPS) is 13.1. The molecule has 4 aromatic rings. The smallest absolute Gasteiger partial charge is 0.323 e. The summed E-state index contributed by atoms with van der Waals surface area (Å²) in [6, 6.07) is 17.6. The van der Waals surface area contributed by atoms with Gasteiger partial charge >= 0.3 is 11.9 Å². The summed E-state index contributed by atoms with van der Waals surface area (Å²) in [5.74, 6) is -5.81. The van der Waals surface area contributed by atoms with Crippen molar-refractivity contribution in [3.63, 3.8) is 0 Å². The van der Waals surface area contributed by atoms with Gasteiger partial charge in [-0.15, -0.1) is 23.2 Å². The summed E-state index contributed by atoms with van der Waals surface area (Å²) in [5.41, 5.74) is 1.52. The second kappa shape index (κ2) is 23.1. The molecule has 0 fully saturated rings. The Bertz CT molecular complexity index is 2530. The lowest BCUT2D eigenvalue weighted by Gasteiger charge is -2.23. The molecule has 2 aliphatic carbocycles. The number of nitrogens with one attached hydrogen (secondary N) is 5. The number of rotatable bonds is 16. The van der Waals surface area contributed by atoms with Gasteiger partial charge in [0.05, 0.1) is 71.7 Å². The summed E-state index contributed by atoms with van der Waals surface area (Å²) in [7, 11) is 2.57. The number of amides is 4. The molecule has 0 aromatic heterocycles. The van der Waals surface area contributed by atoms with Crippen LogP contribution in [-0.4, -0.2) is 97.3 Å². The van der Waals surface area contributed by atoms with E-state index in [0.717, 1.165) is 0 Å². The summed E-state index contributed by atoms with van der Waals surface area (Å²) in [6.45, 7) is 7.12. The molecule has 5 N–H and O–H groups in total. The van der Waals surface area contributed by atoms with Gasteiger partial charge in [0.15, 0.2) is 23.1 Å². The van der Waals surface area contributed by atoms with Gasteiger partial charge in [0.25, 0.3) is 0 Å². The molecule has 0 heterocycles. The number of carbonyl (C=O) groups is 10. The summed E-state index contributed by atoms with van der Waals surface area (Å²) < 4.78 is 9.62. The van der Waals surface area contributed by atoms with Crippen molar-refractivity contribution >= 4 is 105 Å². The number of halogens is 2. The van der Waals surface area contributed by atoms with Crippen molar-refractivity contribution in [1.29, 1.82) is 0 Å². The van der Waals surface area contributed by atoms with Crippen LogP contribution in [0.1, 0.15) is 104 Å². The highest BCUT2D eigenvalue weighted by Gasteiger charge is 2.36. The quantitative estimate of drug-likeness (QED) is 0.0539. The van der Waals surface area contributed by atoms with Crippen LogP contribution in [0.5, 0.6) is 0 Å². The van der Waals surface area contributed by atoms with E-state index in [1.54, 1.807) is 24.3 Å². The Hall–Kier alpha value is -7.08. The molecule has 68 heavy (non-hydrogen) atoms. The van der Waals surface area contributed by atoms with E-state index in [1.165, 1.54) is 62.8 Å². The molecule has 2 atom stereocenters. The highest BCUT2D eigenvalue weighted by Crippen LogP contribution is 2.37. The van der Waals surface area contributed by atoms with Gasteiger partial charge in [-0.05, 0) is 42.5 Å². The molecule has 17 nitrogen and oxygen atoms in total. The minimum absolute atomic E-state index is 0.0121. The van der Waals surface area contributed by atoms with Crippen LogP contribution in [0.3, 0.4) is 0 Å². The van der Waals surface area contributed by atoms with Gasteiger partial charge in [0.2, 0.25) is 23.6 Å². The third-order valence-corrected chi connectivity index (χ3v) is 11.6. The van der Waals surface area contributed by atoms with Crippen LogP contribution in [0.2, 0.25) is 0 Å². The number of hydrogen-bond donors (Lipinski definition) is 5. The first-order valence-electron chi connectivity index (χ1n) is 21.3. The first-order chi connectivity index (χ1) is 32.4. The van der Waals surface area contributed by atoms with E-state index in [4.69, 9.17) is 32.7 Å². The number of carbonyl (C=O) groups excluding carboxylic acids is 10. The molecule has 0 bridgehead atoms. The van der Waals surface area contributed by atoms with Crippen LogP contribution in [-0.2, 0) is 38.2 Å². The SMILES string of the molecule is COC(=O)[C@@H](CCC(=O)Nc1cccc2c1C(=O)c1cccc(NC(=O)CN[C@H](C(=O)OC)C(C)C)c1C2=O)C(C)C.O=C(CCl)Nc1cccc2c1C(=O)c1cccc(NC(=O)CCl)c1C2=O. The third kappa shape index (κ3) is 11.5. The monoisotopic (exact) mass is 969 g/mol. The summed E-state index contributed by atoms with van der Waals surface area (Å²) >= 11 is 11.0. The molecular weight excluding hydrogens is 921 g/mol. The highest BCUT2D eigenvalue weighted by molar-refractivity contribution is 6.35. The summed E-state index contributed by atoms with van der Waals surface area (Å²) in [6.07, 6.45) is 0.272. The summed E-state index contributed by atoms with van der Waals surface area (Å²) in [5, 5.41) is 13.3. The molecule has 4 aromatic carbocycles. The van der Waals surface area contributed by atoms with E-state index in [-0.39, 0.29) is 110 Å². The van der Waals surface area contributed by atoms with Gasteiger partial charge in [-0.3, -0.25) is 53.3 Å². The average molecular weight is 971 g/mol. The Labute approximate surface area is 401 Å². The van der Waals surface area contributed by atoms with E-state index in [0.29, 0.717) is 0 Å². The maximum atomic E-state index is 13.6. The topological polar surface area (TPSA) is 249 Å². The van der Waals surface area contributed by atoms with Crippen LogP contribution in [0.25, 0.3) is 0 Å². The number of fused-ring (bicyclic) bond motifs is 4. The zero-order chi connectivity index (χ0) is 50.0. The number of methoxy groups -OCH3 is 2. The Kier molecular flexibility index (Phi) is 17.6. The number of esters is 2. The number of ketones is 4. The predicted molar refractivity (Wildman–Crippen MR) is 254 cm³/mol. The van der Waals surface area contributed by atoms with Gasteiger partial charge in [-0.1, -0.05) is 76.2 Å². The van der Waals surface area contributed by atoms with Crippen LogP contribution in [0.15, 0.2) is 72.8 Å². The first kappa shape index (κ1) is 51.9. The molecule has 0 unspecified atom stereocenters. The second-order valence-electron chi connectivity index (χ2n) is 16.2. The van der Waals surface area contributed by atoms with Crippen LogP contribution in [0.4, 0.5) is 22.7 Å². The van der Waals surface area contributed by atoms with Crippen molar-refractivity contribution in [2.24, 2.45) is 17.8 Å². The lowest BCUT2D eigenvalue weighted by Crippen LogP contribution is -2.45. The minimum atomic E-state index is -0.703. The fraction of sp³-hybridized carbons (Fsp3) is 0.306. The van der Waals surface area contributed by atoms with Gasteiger partial charge in [-0.25, -0.2) is 0 Å². The van der Waals surface area contributed by atoms with Gasteiger partial charge in [-0.2, -0.15) is 0 Å². The largest absolute Gasteiger partial charge is 0.469 e. The molecular formula is C49H49Cl2N5O12. The van der Waals surface area contributed by atoms with Crippen molar-refractivity contribution in [3.8, 4) is 0 Å². The van der Waals surface area contributed by atoms with Crippen LogP contribution in [0, 0.1) is 17.8 Å². The molecule has 0 aliphatic heterocycles. The number of benzene rings is 4.